The predicted molar refractivity (Wildman–Crippen MR) is 107 cm³/mol. The number of amides is 1. The molecule has 1 amide bonds. The highest BCUT2D eigenvalue weighted by atomic mass is 35.5. The molecule has 26 heavy (non-hydrogen) atoms. The van der Waals surface area contributed by atoms with E-state index in [2.05, 4.69) is 5.32 Å². The zero-order valence-electron chi connectivity index (χ0n) is 14.1. The molecule has 0 aliphatic heterocycles. The van der Waals surface area contributed by atoms with E-state index in [9.17, 15) is 4.79 Å². The van der Waals surface area contributed by atoms with Gasteiger partial charge in [0.25, 0.3) is 5.91 Å². The van der Waals surface area contributed by atoms with E-state index in [1.165, 1.54) is 0 Å². The van der Waals surface area contributed by atoms with E-state index in [0.29, 0.717) is 21.5 Å². The molecule has 0 aromatic heterocycles. The molecule has 3 nitrogen and oxygen atoms in total. The molecule has 3 aromatic rings. The van der Waals surface area contributed by atoms with Crippen LogP contribution in [0.15, 0.2) is 72.8 Å². The highest BCUT2D eigenvalue weighted by Crippen LogP contribution is 2.26. The third kappa shape index (κ3) is 4.57. The lowest BCUT2D eigenvalue weighted by molar-refractivity contribution is -0.122. The summed E-state index contributed by atoms with van der Waals surface area (Å²) >= 11 is 11.8. The summed E-state index contributed by atoms with van der Waals surface area (Å²) in [5.41, 5.74) is 2.79. The third-order valence-corrected chi connectivity index (χ3v) is 4.57. The normalized spacial score (nSPS) is 11.7. The first-order valence-corrected chi connectivity index (χ1v) is 8.86. The number of nitrogens with one attached hydrogen (secondary N) is 1. The molecule has 0 radical (unpaired) electrons. The van der Waals surface area contributed by atoms with Crippen molar-refractivity contribution in [2.45, 2.75) is 13.0 Å². The minimum Gasteiger partial charge on any atom is -0.481 e. The Hall–Kier alpha value is -2.49. The van der Waals surface area contributed by atoms with Gasteiger partial charge in [-0.2, -0.15) is 0 Å². The summed E-state index contributed by atoms with van der Waals surface area (Å²) in [6, 6.07) is 22.6. The van der Waals surface area contributed by atoms with Crippen LogP contribution in [0.5, 0.6) is 5.75 Å². The number of halogens is 2. The number of ether oxygens (including phenoxy) is 1. The van der Waals surface area contributed by atoms with Crippen molar-refractivity contribution in [3.63, 3.8) is 0 Å². The second-order valence-corrected chi connectivity index (χ2v) is 6.58. The summed E-state index contributed by atoms with van der Waals surface area (Å²) in [5, 5.41) is 3.58. The molecule has 0 bridgehead atoms. The zero-order valence-corrected chi connectivity index (χ0v) is 15.6. The van der Waals surface area contributed by atoms with E-state index in [0.717, 1.165) is 11.1 Å². The lowest BCUT2D eigenvalue weighted by atomic mass is 10.1. The van der Waals surface area contributed by atoms with Crippen molar-refractivity contribution >= 4 is 34.8 Å². The Balaban J connectivity index is 1.62. The molecule has 0 heterocycles. The lowest BCUT2D eigenvalue weighted by Gasteiger charge is -2.15. The summed E-state index contributed by atoms with van der Waals surface area (Å²) < 4.78 is 5.72. The number of anilines is 1. The summed E-state index contributed by atoms with van der Waals surface area (Å²) in [7, 11) is 0. The number of hydrogen-bond acceptors (Lipinski definition) is 2. The Morgan fingerprint density at radius 3 is 2.19 bits per heavy atom. The van der Waals surface area contributed by atoms with Crippen molar-refractivity contribution in [3.8, 4) is 16.9 Å². The monoisotopic (exact) mass is 385 g/mol. The molecule has 1 unspecified atom stereocenters. The molecule has 132 valence electrons. The van der Waals surface area contributed by atoms with Gasteiger partial charge < -0.3 is 10.1 Å². The quantitative estimate of drug-likeness (QED) is 0.578. The third-order valence-electron chi connectivity index (χ3n) is 3.83. The standard InChI is InChI=1S/C21H17Cl2NO2/c1-14(21(25)24-17-9-12-19(22)20(23)13-17)26-18-10-7-16(8-11-18)15-5-3-2-4-6-15/h2-14H,1H3,(H,24,25). The van der Waals surface area contributed by atoms with Crippen LogP contribution in [0.2, 0.25) is 10.0 Å². The molecule has 0 fully saturated rings. The Morgan fingerprint density at radius 2 is 1.54 bits per heavy atom. The summed E-state index contributed by atoms with van der Waals surface area (Å²) in [6.07, 6.45) is -0.660. The Kier molecular flexibility index (Phi) is 5.82. The number of carbonyl (C=O) groups excluding carboxylic acids is 1. The first-order chi connectivity index (χ1) is 12.5. The molecular formula is C21H17Cl2NO2. The van der Waals surface area contributed by atoms with Crippen molar-refractivity contribution in [2.75, 3.05) is 5.32 Å². The van der Waals surface area contributed by atoms with Gasteiger partial charge in [0, 0.05) is 5.69 Å². The maximum Gasteiger partial charge on any atom is 0.265 e. The molecule has 0 aliphatic rings. The molecule has 1 N–H and O–H groups in total. The van der Waals surface area contributed by atoms with Crippen LogP contribution in [0.1, 0.15) is 6.92 Å². The van der Waals surface area contributed by atoms with Gasteiger partial charge in [-0.05, 0) is 48.4 Å². The fourth-order valence-corrected chi connectivity index (χ4v) is 2.73. The van der Waals surface area contributed by atoms with Crippen LogP contribution in [0.3, 0.4) is 0 Å². The van der Waals surface area contributed by atoms with Crippen molar-refractivity contribution < 1.29 is 9.53 Å². The average molecular weight is 386 g/mol. The zero-order chi connectivity index (χ0) is 18.5. The SMILES string of the molecule is CC(Oc1ccc(-c2ccccc2)cc1)C(=O)Nc1ccc(Cl)c(Cl)c1. The van der Waals surface area contributed by atoms with E-state index in [1.54, 1.807) is 25.1 Å². The van der Waals surface area contributed by atoms with Gasteiger partial charge in [-0.15, -0.1) is 0 Å². The second-order valence-electron chi connectivity index (χ2n) is 5.77. The summed E-state index contributed by atoms with van der Waals surface area (Å²) in [5.74, 6) is 0.358. The predicted octanol–water partition coefficient (Wildman–Crippen LogP) is 6.07. The minimum absolute atomic E-state index is 0.268. The molecule has 0 spiro atoms. The molecule has 0 aliphatic carbocycles. The van der Waals surface area contributed by atoms with Crippen molar-refractivity contribution in [1.29, 1.82) is 0 Å². The number of carbonyl (C=O) groups is 1. The smallest absolute Gasteiger partial charge is 0.265 e. The fraction of sp³-hybridized carbons (Fsp3) is 0.0952. The van der Waals surface area contributed by atoms with Gasteiger partial charge in [0.2, 0.25) is 0 Å². The molecule has 0 saturated carbocycles. The van der Waals surface area contributed by atoms with Crippen LogP contribution in [0.4, 0.5) is 5.69 Å². The van der Waals surface area contributed by atoms with Gasteiger partial charge in [0.1, 0.15) is 5.75 Å². The van der Waals surface area contributed by atoms with Gasteiger partial charge in [-0.25, -0.2) is 0 Å². The van der Waals surface area contributed by atoms with E-state index < -0.39 is 6.10 Å². The Labute approximate surface area is 162 Å². The van der Waals surface area contributed by atoms with Crippen molar-refractivity contribution in [1.82, 2.24) is 0 Å². The number of rotatable bonds is 5. The van der Waals surface area contributed by atoms with Crippen LogP contribution in [0, 0.1) is 0 Å². The van der Waals surface area contributed by atoms with Crippen LogP contribution in [0.25, 0.3) is 11.1 Å². The van der Waals surface area contributed by atoms with Crippen LogP contribution in [-0.2, 0) is 4.79 Å². The molecule has 1 atom stereocenters. The van der Waals surface area contributed by atoms with Crippen LogP contribution >= 0.6 is 23.2 Å². The number of hydrogen-bond donors (Lipinski definition) is 1. The first kappa shape index (κ1) is 18.3. The van der Waals surface area contributed by atoms with Gasteiger partial charge in [0.05, 0.1) is 10.0 Å². The number of benzene rings is 3. The van der Waals surface area contributed by atoms with Gasteiger partial charge in [-0.3, -0.25) is 4.79 Å². The van der Waals surface area contributed by atoms with E-state index in [1.807, 2.05) is 54.6 Å². The van der Waals surface area contributed by atoms with Crippen molar-refractivity contribution in [2.24, 2.45) is 0 Å². The van der Waals surface area contributed by atoms with E-state index in [4.69, 9.17) is 27.9 Å². The van der Waals surface area contributed by atoms with Gasteiger partial charge in [-0.1, -0.05) is 65.7 Å². The topological polar surface area (TPSA) is 38.3 Å². The molecule has 5 heteroatoms. The summed E-state index contributed by atoms with van der Waals surface area (Å²) in [6.45, 7) is 1.69. The highest BCUT2D eigenvalue weighted by molar-refractivity contribution is 6.42. The van der Waals surface area contributed by atoms with Gasteiger partial charge in [0.15, 0.2) is 6.10 Å². The average Bonchev–Trinajstić information content (AvgIpc) is 2.66. The summed E-state index contributed by atoms with van der Waals surface area (Å²) in [4.78, 5) is 12.3. The molecule has 3 rings (SSSR count). The molecule has 3 aromatic carbocycles. The molecular weight excluding hydrogens is 369 g/mol. The second kappa shape index (κ2) is 8.26. The highest BCUT2D eigenvalue weighted by Gasteiger charge is 2.15. The fourth-order valence-electron chi connectivity index (χ4n) is 2.43. The first-order valence-electron chi connectivity index (χ1n) is 8.11. The maximum absolute atomic E-state index is 12.3. The lowest BCUT2D eigenvalue weighted by Crippen LogP contribution is -2.30. The van der Waals surface area contributed by atoms with Crippen LogP contribution in [-0.4, -0.2) is 12.0 Å². The molecule has 0 saturated heterocycles. The minimum atomic E-state index is -0.660. The van der Waals surface area contributed by atoms with E-state index in [-0.39, 0.29) is 5.91 Å². The Bertz CT molecular complexity index is 896. The van der Waals surface area contributed by atoms with E-state index >= 15 is 0 Å². The Morgan fingerprint density at radius 1 is 0.885 bits per heavy atom. The van der Waals surface area contributed by atoms with Crippen LogP contribution < -0.4 is 10.1 Å². The van der Waals surface area contributed by atoms with Crippen molar-refractivity contribution in [3.05, 3.63) is 82.8 Å². The van der Waals surface area contributed by atoms with Gasteiger partial charge >= 0.3 is 0 Å². The maximum atomic E-state index is 12.3. The largest absolute Gasteiger partial charge is 0.481 e.